The summed E-state index contributed by atoms with van der Waals surface area (Å²) in [6.45, 7) is 9.47. The molecule has 1 radical (unpaired) electrons. The summed E-state index contributed by atoms with van der Waals surface area (Å²) in [7, 11) is -2.36. The van der Waals surface area contributed by atoms with Crippen LogP contribution in [0.4, 0.5) is 0 Å². The molecule has 0 saturated carbocycles. The molecule has 0 N–H and O–H groups in total. The maximum atomic E-state index is 10.9. The van der Waals surface area contributed by atoms with Gasteiger partial charge in [-0.3, -0.25) is 4.90 Å². The molecular weight excluding hydrogens is 186 g/mol. The van der Waals surface area contributed by atoms with E-state index in [9.17, 15) is 8.42 Å². The number of hydrogen-bond donors (Lipinski definition) is 1. The molecule has 0 aromatic carbocycles. The van der Waals surface area contributed by atoms with Crippen molar-refractivity contribution in [3.63, 3.8) is 0 Å². The zero-order valence-corrected chi connectivity index (χ0v) is 9.43. The third kappa shape index (κ3) is 4.62. The summed E-state index contributed by atoms with van der Waals surface area (Å²) in [4.78, 5) is 2.00. The first-order valence-corrected chi connectivity index (χ1v) is 6.08. The van der Waals surface area contributed by atoms with E-state index in [0.29, 0.717) is 6.42 Å². The molecule has 0 rings (SSSR count). The van der Waals surface area contributed by atoms with Crippen LogP contribution in [-0.2, 0) is 10.7 Å². The Kier molecular flexibility index (Phi) is 7.28. The van der Waals surface area contributed by atoms with Crippen LogP contribution in [0.2, 0.25) is 0 Å². The van der Waals surface area contributed by atoms with Gasteiger partial charge in [-0.25, -0.2) is 8.42 Å². The first kappa shape index (κ1) is 12.9. The molecule has 0 aliphatic heterocycles. The van der Waals surface area contributed by atoms with Crippen LogP contribution in [0.25, 0.3) is 0 Å². The van der Waals surface area contributed by atoms with Crippen LogP contribution in [0.1, 0.15) is 33.1 Å². The van der Waals surface area contributed by atoms with Crippen molar-refractivity contribution in [2.24, 2.45) is 0 Å². The Morgan fingerprint density at radius 3 is 1.92 bits per heavy atom. The fraction of sp³-hybridized carbons (Fsp3) is 0.889. The van der Waals surface area contributed by atoms with Gasteiger partial charge < -0.3 is 0 Å². The monoisotopic (exact) mass is 206 g/mol. The predicted octanol–water partition coefficient (Wildman–Crippen LogP) is 1.27. The summed E-state index contributed by atoms with van der Waals surface area (Å²) in [5.74, 6) is 0. The SMILES string of the molecule is [CH2]CC(N(CCC)CCC)[SH](=O)=O. The molecular formula is C9H20NO2S. The highest BCUT2D eigenvalue weighted by atomic mass is 32.2. The van der Waals surface area contributed by atoms with Gasteiger partial charge in [0.2, 0.25) is 0 Å². The third-order valence-corrected chi connectivity index (χ3v) is 3.02. The maximum absolute atomic E-state index is 10.9. The van der Waals surface area contributed by atoms with Crippen molar-refractivity contribution >= 4 is 10.7 Å². The summed E-state index contributed by atoms with van der Waals surface area (Å²) in [6.07, 6.45) is 2.41. The normalized spacial score (nSPS) is 13.9. The molecule has 1 atom stereocenters. The highest BCUT2D eigenvalue weighted by Gasteiger charge is 2.17. The van der Waals surface area contributed by atoms with E-state index in [4.69, 9.17) is 0 Å². The molecule has 4 heteroatoms. The summed E-state index contributed by atoms with van der Waals surface area (Å²) in [6, 6.07) is 0. The van der Waals surface area contributed by atoms with Crippen molar-refractivity contribution < 1.29 is 8.42 Å². The fourth-order valence-corrected chi connectivity index (χ4v) is 2.11. The lowest BCUT2D eigenvalue weighted by atomic mass is 10.3. The minimum atomic E-state index is -2.36. The molecule has 0 aromatic rings. The highest BCUT2D eigenvalue weighted by Crippen LogP contribution is 2.06. The summed E-state index contributed by atoms with van der Waals surface area (Å²) in [5, 5.41) is -0.366. The minimum absolute atomic E-state index is 0.366. The maximum Gasteiger partial charge on any atom is 0.156 e. The molecule has 0 aliphatic rings. The Balaban J connectivity index is 4.28. The molecule has 0 saturated heterocycles. The lowest BCUT2D eigenvalue weighted by Gasteiger charge is -2.25. The van der Waals surface area contributed by atoms with Gasteiger partial charge in [0.1, 0.15) is 5.37 Å². The van der Waals surface area contributed by atoms with E-state index in [1.807, 2.05) is 4.90 Å². The van der Waals surface area contributed by atoms with Crippen LogP contribution >= 0.6 is 0 Å². The second-order valence-corrected chi connectivity index (χ2v) is 4.26. The van der Waals surface area contributed by atoms with Crippen molar-refractivity contribution in [1.29, 1.82) is 0 Å². The van der Waals surface area contributed by atoms with E-state index in [1.54, 1.807) is 0 Å². The Labute approximate surface area is 83.1 Å². The zero-order chi connectivity index (χ0) is 10.3. The fourth-order valence-electron chi connectivity index (χ4n) is 1.41. The van der Waals surface area contributed by atoms with Crippen LogP contribution < -0.4 is 0 Å². The van der Waals surface area contributed by atoms with Gasteiger partial charge in [-0.2, -0.15) is 0 Å². The van der Waals surface area contributed by atoms with Crippen LogP contribution in [0.3, 0.4) is 0 Å². The number of nitrogens with zero attached hydrogens (tertiary/aromatic N) is 1. The smallest absolute Gasteiger partial charge is 0.156 e. The molecule has 1 unspecified atom stereocenters. The van der Waals surface area contributed by atoms with Crippen LogP contribution in [0.15, 0.2) is 0 Å². The largest absolute Gasteiger partial charge is 0.288 e. The zero-order valence-electron chi connectivity index (χ0n) is 8.53. The van der Waals surface area contributed by atoms with Gasteiger partial charge in [0.05, 0.1) is 0 Å². The number of rotatable bonds is 7. The molecule has 0 aromatic heterocycles. The van der Waals surface area contributed by atoms with Crippen molar-refractivity contribution in [1.82, 2.24) is 4.90 Å². The first-order valence-electron chi connectivity index (χ1n) is 4.84. The third-order valence-electron chi connectivity index (χ3n) is 1.94. The molecule has 13 heavy (non-hydrogen) atoms. The summed E-state index contributed by atoms with van der Waals surface area (Å²) >= 11 is 0. The highest BCUT2D eigenvalue weighted by molar-refractivity contribution is 7.73. The number of hydrogen-bond acceptors (Lipinski definition) is 3. The molecule has 3 nitrogen and oxygen atoms in total. The first-order chi connectivity index (χ1) is 6.17. The molecule has 0 aliphatic carbocycles. The second kappa shape index (κ2) is 7.33. The average molecular weight is 206 g/mol. The van der Waals surface area contributed by atoms with Crippen molar-refractivity contribution in [2.45, 2.75) is 38.5 Å². The van der Waals surface area contributed by atoms with Crippen molar-refractivity contribution in [3.8, 4) is 0 Å². The van der Waals surface area contributed by atoms with Crippen LogP contribution in [0.5, 0.6) is 0 Å². The lowest BCUT2D eigenvalue weighted by molar-refractivity contribution is 0.250. The lowest BCUT2D eigenvalue weighted by Crippen LogP contribution is -2.37. The van der Waals surface area contributed by atoms with Crippen molar-refractivity contribution in [2.75, 3.05) is 13.1 Å². The van der Waals surface area contributed by atoms with E-state index in [1.165, 1.54) is 0 Å². The Morgan fingerprint density at radius 2 is 1.69 bits per heavy atom. The molecule has 0 fully saturated rings. The van der Waals surface area contributed by atoms with E-state index in [0.717, 1.165) is 25.9 Å². The molecule has 0 amide bonds. The van der Waals surface area contributed by atoms with E-state index in [2.05, 4.69) is 20.8 Å². The predicted molar refractivity (Wildman–Crippen MR) is 56.2 cm³/mol. The quantitative estimate of drug-likeness (QED) is 0.637. The Bertz CT molecular complexity index is 178. The average Bonchev–Trinajstić information content (AvgIpc) is 2.05. The van der Waals surface area contributed by atoms with E-state index >= 15 is 0 Å². The van der Waals surface area contributed by atoms with Crippen LogP contribution in [-0.4, -0.2) is 31.8 Å². The minimum Gasteiger partial charge on any atom is -0.288 e. The van der Waals surface area contributed by atoms with Crippen LogP contribution in [0, 0.1) is 6.92 Å². The number of thiol groups is 1. The van der Waals surface area contributed by atoms with Gasteiger partial charge in [0.15, 0.2) is 10.7 Å². The molecule has 79 valence electrons. The molecule has 0 bridgehead atoms. The van der Waals surface area contributed by atoms with Gasteiger partial charge in [0.25, 0.3) is 0 Å². The standard InChI is InChI=1S/C9H20NO2S/c1-4-7-10(8-5-2)9(6-3)13(11)12/h9,13H,3-8H2,1-2H3. The topological polar surface area (TPSA) is 37.4 Å². The summed E-state index contributed by atoms with van der Waals surface area (Å²) in [5.41, 5.74) is 0. The van der Waals surface area contributed by atoms with Gasteiger partial charge in [0, 0.05) is 0 Å². The van der Waals surface area contributed by atoms with Gasteiger partial charge in [-0.1, -0.05) is 20.8 Å². The van der Waals surface area contributed by atoms with Gasteiger partial charge >= 0.3 is 0 Å². The van der Waals surface area contributed by atoms with E-state index < -0.39 is 10.7 Å². The van der Waals surface area contributed by atoms with E-state index in [-0.39, 0.29) is 5.37 Å². The van der Waals surface area contributed by atoms with Gasteiger partial charge in [-0.15, -0.1) is 0 Å². The van der Waals surface area contributed by atoms with Gasteiger partial charge in [-0.05, 0) is 32.4 Å². The summed E-state index contributed by atoms with van der Waals surface area (Å²) < 4.78 is 21.8. The molecule has 0 heterocycles. The molecule has 0 spiro atoms. The second-order valence-electron chi connectivity index (χ2n) is 3.09. The van der Waals surface area contributed by atoms with Crippen molar-refractivity contribution in [3.05, 3.63) is 6.92 Å². The Hall–Kier alpha value is -0.0900. The Morgan fingerprint density at radius 1 is 1.23 bits per heavy atom.